The van der Waals surface area contributed by atoms with Crippen LogP contribution in [-0.4, -0.2) is 23.1 Å². The quantitative estimate of drug-likeness (QED) is 0.780. The van der Waals surface area contributed by atoms with Crippen molar-refractivity contribution in [2.45, 2.75) is 25.8 Å². The van der Waals surface area contributed by atoms with Gasteiger partial charge in [0.15, 0.2) is 0 Å². The lowest BCUT2D eigenvalue weighted by Gasteiger charge is -2.14. The number of anilines is 1. The van der Waals surface area contributed by atoms with Gasteiger partial charge in [-0.1, -0.05) is 36.5 Å². The summed E-state index contributed by atoms with van der Waals surface area (Å²) in [5.41, 5.74) is 0.326. The number of halogens is 2. The number of benzene rings is 1. The van der Waals surface area contributed by atoms with Crippen LogP contribution in [-0.2, 0) is 4.79 Å². The molecular formula is C12H14Cl2N2O3. The molecule has 0 fully saturated rings. The van der Waals surface area contributed by atoms with E-state index in [9.17, 15) is 9.59 Å². The summed E-state index contributed by atoms with van der Waals surface area (Å²) < 4.78 is 0. The Bertz CT molecular complexity index is 480. The number of rotatable bonds is 5. The first-order chi connectivity index (χ1) is 8.93. The highest BCUT2D eigenvalue weighted by molar-refractivity contribution is 6.35. The summed E-state index contributed by atoms with van der Waals surface area (Å²) in [6, 6.07) is 3.05. The Morgan fingerprint density at radius 3 is 2.63 bits per heavy atom. The molecule has 0 spiro atoms. The molecule has 104 valence electrons. The van der Waals surface area contributed by atoms with Gasteiger partial charge in [-0.15, -0.1) is 0 Å². The molecule has 7 heteroatoms. The molecule has 0 radical (unpaired) electrons. The lowest BCUT2D eigenvalue weighted by molar-refractivity contribution is -0.139. The molecule has 0 aliphatic carbocycles. The average Bonchev–Trinajstić information content (AvgIpc) is 2.33. The first kappa shape index (κ1) is 15.6. The van der Waals surface area contributed by atoms with Crippen molar-refractivity contribution in [3.05, 3.63) is 28.2 Å². The monoisotopic (exact) mass is 304 g/mol. The van der Waals surface area contributed by atoms with Gasteiger partial charge in [-0.25, -0.2) is 9.59 Å². The van der Waals surface area contributed by atoms with Crippen LogP contribution in [0, 0.1) is 0 Å². The topological polar surface area (TPSA) is 78.4 Å². The van der Waals surface area contributed by atoms with E-state index >= 15 is 0 Å². The Hall–Kier alpha value is -1.46. The first-order valence-corrected chi connectivity index (χ1v) is 6.45. The van der Waals surface area contributed by atoms with E-state index in [1.165, 1.54) is 6.07 Å². The van der Waals surface area contributed by atoms with Crippen molar-refractivity contribution < 1.29 is 14.7 Å². The standard InChI is InChI=1S/C12H14Cl2N2O3/c1-2-3-9(11(17)18)15-12(19)16-10-6-7(13)4-5-8(10)14/h4-6,9H,2-3H2,1H3,(H,17,18)(H2,15,16,19)/t9-/m1/s1. The summed E-state index contributed by atoms with van der Waals surface area (Å²) in [4.78, 5) is 22.6. The van der Waals surface area contributed by atoms with Gasteiger partial charge in [-0.05, 0) is 24.6 Å². The maximum atomic E-state index is 11.7. The van der Waals surface area contributed by atoms with Crippen molar-refractivity contribution in [1.82, 2.24) is 5.32 Å². The Kier molecular flexibility index (Phi) is 5.92. The van der Waals surface area contributed by atoms with Gasteiger partial charge >= 0.3 is 12.0 Å². The van der Waals surface area contributed by atoms with E-state index in [0.29, 0.717) is 28.6 Å². The smallest absolute Gasteiger partial charge is 0.326 e. The van der Waals surface area contributed by atoms with Gasteiger partial charge in [0.25, 0.3) is 0 Å². The van der Waals surface area contributed by atoms with Gasteiger partial charge in [0, 0.05) is 5.02 Å². The molecule has 2 amide bonds. The molecule has 1 atom stereocenters. The molecule has 19 heavy (non-hydrogen) atoms. The second-order valence-corrected chi connectivity index (χ2v) is 4.75. The molecule has 0 saturated heterocycles. The number of carboxylic acids is 1. The number of urea groups is 1. The predicted octanol–water partition coefficient (Wildman–Crippen LogP) is 3.37. The van der Waals surface area contributed by atoms with Crippen molar-refractivity contribution in [2.24, 2.45) is 0 Å². The van der Waals surface area contributed by atoms with Crippen LogP contribution >= 0.6 is 23.2 Å². The molecule has 1 aromatic rings. The van der Waals surface area contributed by atoms with Crippen LogP contribution in [0.3, 0.4) is 0 Å². The van der Waals surface area contributed by atoms with Crippen LogP contribution in [0.2, 0.25) is 10.0 Å². The van der Waals surface area contributed by atoms with Crippen molar-refractivity contribution in [3.63, 3.8) is 0 Å². The number of hydrogen-bond acceptors (Lipinski definition) is 2. The molecular weight excluding hydrogens is 291 g/mol. The van der Waals surface area contributed by atoms with Crippen LogP contribution in [0.1, 0.15) is 19.8 Å². The molecule has 0 bridgehead atoms. The average molecular weight is 305 g/mol. The predicted molar refractivity (Wildman–Crippen MR) is 74.9 cm³/mol. The van der Waals surface area contributed by atoms with Crippen LogP contribution in [0.4, 0.5) is 10.5 Å². The summed E-state index contributed by atoms with van der Waals surface area (Å²) >= 11 is 11.7. The lowest BCUT2D eigenvalue weighted by Crippen LogP contribution is -2.42. The lowest BCUT2D eigenvalue weighted by atomic mass is 10.2. The van der Waals surface area contributed by atoms with Crippen LogP contribution in [0.25, 0.3) is 0 Å². The van der Waals surface area contributed by atoms with E-state index in [0.717, 1.165) is 0 Å². The zero-order valence-electron chi connectivity index (χ0n) is 10.2. The number of amides is 2. The van der Waals surface area contributed by atoms with Crippen molar-refractivity contribution in [1.29, 1.82) is 0 Å². The molecule has 1 aromatic carbocycles. The Balaban J connectivity index is 2.68. The molecule has 0 aliphatic rings. The second kappa shape index (κ2) is 7.21. The molecule has 0 aliphatic heterocycles. The zero-order valence-corrected chi connectivity index (χ0v) is 11.8. The van der Waals surface area contributed by atoms with E-state index in [2.05, 4.69) is 10.6 Å². The van der Waals surface area contributed by atoms with E-state index < -0.39 is 18.0 Å². The van der Waals surface area contributed by atoms with Crippen molar-refractivity contribution >= 4 is 40.9 Å². The number of nitrogens with one attached hydrogen (secondary N) is 2. The third-order valence-electron chi connectivity index (χ3n) is 2.36. The number of hydrogen-bond donors (Lipinski definition) is 3. The van der Waals surface area contributed by atoms with Crippen molar-refractivity contribution in [3.8, 4) is 0 Å². The van der Waals surface area contributed by atoms with Gasteiger partial charge in [0.1, 0.15) is 6.04 Å². The molecule has 5 nitrogen and oxygen atoms in total. The fourth-order valence-electron chi connectivity index (χ4n) is 1.46. The summed E-state index contributed by atoms with van der Waals surface area (Å²) in [7, 11) is 0. The summed E-state index contributed by atoms with van der Waals surface area (Å²) in [6.45, 7) is 1.84. The van der Waals surface area contributed by atoms with Crippen molar-refractivity contribution in [2.75, 3.05) is 5.32 Å². The zero-order chi connectivity index (χ0) is 14.4. The van der Waals surface area contributed by atoms with E-state index in [1.807, 2.05) is 6.92 Å². The molecule has 0 unspecified atom stereocenters. The number of carboxylic acid groups (broad SMARTS) is 1. The van der Waals surface area contributed by atoms with E-state index in [1.54, 1.807) is 12.1 Å². The van der Waals surface area contributed by atoms with Crippen LogP contribution < -0.4 is 10.6 Å². The van der Waals surface area contributed by atoms with Crippen LogP contribution in [0.5, 0.6) is 0 Å². The molecule has 3 N–H and O–H groups in total. The van der Waals surface area contributed by atoms with Crippen LogP contribution in [0.15, 0.2) is 18.2 Å². The number of carbonyl (C=O) groups is 2. The Labute approximate surface area is 120 Å². The number of aliphatic carboxylic acids is 1. The summed E-state index contributed by atoms with van der Waals surface area (Å²) in [6.07, 6.45) is 1.00. The van der Waals surface area contributed by atoms with Gasteiger partial charge in [-0.2, -0.15) is 0 Å². The summed E-state index contributed by atoms with van der Waals surface area (Å²) in [5, 5.41) is 14.5. The summed E-state index contributed by atoms with van der Waals surface area (Å²) in [5.74, 6) is -1.07. The van der Waals surface area contributed by atoms with E-state index in [-0.39, 0.29) is 0 Å². The third kappa shape index (κ3) is 4.96. The fourth-order valence-corrected chi connectivity index (χ4v) is 1.79. The maximum Gasteiger partial charge on any atom is 0.326 e. The normalized spacial score (nSPS) is 11.7. The highest BCUT2D eigenvalue weighted by atomic mass is 35.5. The van der Waals surface area contributed by atoms with Gasteiger partial charge < -0.3 is 15.7 Å². The first-order valence-electron chi connectivity index (χ1n) is 5.69. The number of carbonyl (C=O) groups excluding carboxylic acids is 1. The van der Waals surface area contributed by atoms with E-state index in [4.69, 9.17) is 28.3 Å². The molecule has 0 aromatic heterocycles. The minimum atomic E-state index is -1.07. The Morgan fingerprint density at radius 2 is 2.05 bits per heavy atom. The molecule has 1 rings (SSSR count). The Morgan fingerprint density at radius 1 is 1.37 bits per heavy atom. The third-order valence-corrected chi connectivity index (χ3v) is 2.92. The highest BCUT2D eigenvalue weighted by Gasteiger charge is 2.19. The van der Waals surface area contributed by atoms with Gasteiger partial charge in [0.2, 0.25) is 0 Å². The SMILES string of the molecule is CCC[C@@H](NC(=O)Nc1cc(Cl)ccc1Cl)C(=O)O. The highest BCUT2D eigenvalue weighted by Crippen LogP contribution is 2.25. The van der Waals surface area contributed by atoms with Gasteiger partial charge in [0.05, 0.1) is 10.7 Å². The fraction of sp³-hybridized carbons (Fsp3) is 0.333. The minimum Gasteiger partial charge on any atom is -0.480 e. The maximum absolute atomic E-state index is 11.7. The second-order valence-electron chi connectivity index (χ2n) is 3.90. The van der Waals surface area contributed by atoms with Gasteiger partial charge in [-0.3, -0.25) is 0 Å². The minimum absolute atomic E-state index is 0.321. The molecule has 0 heterocycles. The molecule has 0 saturated carbocycles. The largest absolute Gasteiger partial charge is 0.480 e.